The van der Waals surface area contributed by atoms with Crippen LogP contribution in [0, 0.1) is 5.82 Å². The molecule has 0 saturated carbocycles. The number of hydrogen-bond acceptors (Lipinski definition) is 4. The lowest BCUT2D eigenvalue weighted by atomic mass is 10.0. The molecule has 172 valence electrons. The van der Waals surface area contributed by atoms with Crippen LogP contribution in [0.15, 0.2) is 53.3 Å². The number of H-pyrrole nitrogens is 1. The number of nitrogens with one attached hydrogen (secondary N) is 2. The second-order valence-electron chi connectivity index (χ2n) is 9.18. The van der Waals surface area contributed by atoms with E-state index in [-0.39, 0.29) is 17.3 Å². The van der Waals surface area contributed by atoms with E-state index in [4.69, 9.17) is 0 Å². The van der Waals surface area contributed by atoms with Crippen molar-refractivity contribution in [3.8, 4) is 0 Å². The highest BCUT2D eigenvalue weighted by Gasteiger charge is 2.32. The molecule has 2 aliphatic heterocycles. The van der Waals surface area contributed by atoms with Gasteiger partial charge in [0.1, 0.15) is 5.82 Å². The third-order valence-corrected chi connectivity index (χ3v) is 7.03. The Kier molecular flexibility index (Phi) is 5.89. The zero-order valence-corrected chi connectivity index (χ0v) is 18.8. The van der Waals surface area contributed by atoms with E-state index in [1.165, 1.54) is 19.1 Å². The first-order valence-corrected chi connectivity index (χ1v) is 11.7. The van der Waals surface area contributed by atoms with Gasteiger partial charge in [0.2, 0.25) is 5.91 Å². The molecule has 0 spiro atoms. The van der Waals surface area contributed by atoms with Crippen LogP contribution in [0.4, 0.5) is 15.8 Å². The van der Waals surface area contributed by atoms with Crippen molar-refractivity contribution in [2.75, 3.05) is 36.4 Å². The lowest BCUT2D eigenvalue weighted by Gasteiger charge is -2.38. The lowest BCUT2D eigenvalue weighted by molar-refractivity contribution is -0.114. The number of amides is 1. The first kappa shape index (κ1) is 21.6. The molecule has 0 radical (unpaired) electrons. The summed E-state index contributed by atoms with van der Waals surface area (Å²) >= 11 is 0. The van der Waals surface area contributed by atoms with Crippen molar-refractivity contribution in [3.63, 3.8) is 0 Å². The predicted molar refractivity (Wildman–Crippen MR) is 129 cm³/mol. The Morgan fingerprint density at radius 3 is 2.64 bits per heavy atom. The maximum atomic E-state index is 13.9. The molecule has 2 aromatic carbocycles. The van der Waals surface area contributed by atoms with Gasteiger partial charge in [-0.1, -0.05) is 18.2 Å². The number of benzene rings is 2. The summed E-state index contributed by atoms with van der Waals surface area (Å²) in [6.45, 7) is 5.05. The standard InChI is InChI=1S/C26H29FN4O2/c1-17(32)28-23-7-6-20(27)15-25(23)30-12-9-21(10-13-30)31-11-8-19(16-31)24-14-18-4-2-3-5-22(18)26(33)29-24/h2-7,14-15,19,21H,8-13,16H2,1H3,(H,28,32)(H,29,33). The summed E-state index contributed by atoms with van der Waals surface area (Å²) in [6.07, 6.45) is 3.00. The molecule has 6 nitrogen and oxygen atoms in total. The number of aromatic amines is 1. The van der Waals surface area contributed by atoms with Crippen LogP contribution >= 0.6 is 0 Å². The maximum Gasteiger partial charge on any atom is 0.256 e. The molecule has 2 aliphatic rings. The molecule has 0 bridgehead atoms. The highest BCUT2D eigenvalue weighted by molar-refractivity contribution is 5.92. The molecule has 5 rings (SSSR count). The van der Waals surface area contributed by atoms with Gasteiger partial charge in [-0.05, 0) is 61.5 Å². The lowest BCUT2D eigenvalue weighted by Crippen LogP contribution is -2.44. The summed E-state index contributed by atoms with van der Waals surface area (Å²) in [7, 11) is 0. The van der Waals surface area contributed by atoms with Gasteiger partial charge in [-0.2, -0.15) is 0 Å². The molecule has 1 atom stereocenters. The van der Waals surface area contributed by atoms with E-state index in [0.717, 1.165) is 67.6 Å². The summed E-state index contributed by atoms with van der Waals surface area (Å²) in [5.74, 6) is -0.129. The largest absolute Gasteiger partial charge is 0.370 e. The molecule has 2 N–H and O–H groups in total. The van der Waals surface area contributed by atoms with Gasteiger partial charge < -0.3 is 15.2 Å². The van der Waals surface area contributed by atoms with Crippen LogP contribution < -0.4 is 15.8 Å². The molecule has 7 heteroatoms. The van der Waals surface area contributed by atoms with E-state index in [1.54, 1.807) is 6.07 Å². The second kappa shape index (κ2) is 8.98. The number of halogens is 1. The average Bonchev–Trinajstić information content (AvgIpc) is 3.30. The van der Waals surface area contributed by atoms with Gasteiger partial charge in [-0.3, -0.25) is 14.5 Å². The number of pyridine rings is 1. The van der Waals surface area contributed by atoms with Crippen molar-refractivity contribution in [1.29, 1.82) is 0 Å². The molecule has 2 saturated heterocycles. The fourth-order valence-corrected chi connectivity index (χ4v) is 5.36. The van der Waals surface area contributed by atoms with Crippen LogP contribution in [0.25, 0.3) is 10.8 Å². The predicted octanol–water partition coefficient (Wildman–Crippen LogP) is 4.08. The number of carbonyl (C=O) groups is 1. The molecular formula is C26H29FN4O2. The van der Waals surface area contributed by atoms with Crippen LogP contribution in [0.5, 0.6) is 0 Å². The summed E-state index contributed by atoms with van der Waals surface area (Å²) in [6, 6.07) is 14.8. The first-order chi connectivity index (χ1) is 16.0. The summed E-state index contributed by atoms with van der Waals surface area (Å²) in [5.41, 5.74) is 2.42. The number of hydrogen-bond donors (Lipinski definition) is 2. The molecule has 1 aromatic heterocycles. The number of anilines is 2. The summed E-state index contributed by atoms with van der Waals surface area (Å²) in [4.78, 5) is 31.9. The van der Waals surface area contributed by atoms with E-state index in [9.17, 15) is 14.0 Å². The highest BCUT2D eigenvalue weighted by atomic mass is 19.1. The van der Waals surface area contributed by atoms with Crippen molar-refractivity contribution in [3.05, 3.63) is 70.4 Å². The van der Waals surface area contributed by atoms with Crippen molar-refractivity contribution >= 4 is 28.1 Å². The minimum absolute atomic E-state index is 0.0140. The molecule has 33 heavy (non-hydrogen) atoms. The molecule has 0 aliphatic carbocycles. The van der Waals surface area contributed by atoms with Gasteiger partial charge in [-0.15, -0.1) is 0 Å². The van der Waals surface area contributed by atoms with Crippen LogP contribution in [0.2, 0.25) is 0 Å². The van der Waals surface area contributed by atoms with Gasteiger partial charge in [-0.25, -0.2) is 4.39 Å². The number of aromatic nitrogens is 1. The van der Waals surface area contributed by atoms with Crippen molar-refractivity contribution < 1.29 is 9.18 Å². The maximum absolute atomic E-state index is 13.9. The Labute approximate surface area is 192 Å². The second-order valence-corrected chi connectivity index (χ2v) is 9.18. The van der Waals surface area contributed by atoms with E-state index in [0.29, 0.717) is 17.6 Å². The summed E-state index contributed by atoms with van der Waals surface area (Å²) < 4.78 is 13.9. The van der Waals surface area contributed by atoms with Crippen LogP contribution in [0.3, 0.4) is 0 Å². The Morgan fingerprint density at radius 2 is 1.85 bits per heavy atom. The van der Waals surface area contributed by atoms with Crippen LogP contribution in [-0.2, 0) is 4.79 Å². The zero-order valence-electron chi connectivity index (χ0n) is 18.8. The topological polar surface area (TPSA) is 68.4 Å². The smallest absolute Gasteiger partial charge is 0.256 e. The Morgan fingerprint density at radius 1 is 1.06 bits per heavy atom. The third-order valence-electron chi connectivity index (χ3n) is 7.03. The fraction of sp³-hybridized carbons (Fsp3) is 0.385. The molecular weight excluding hydrogens is 419 g/mol. The Bertz CT molecular complexity index is 1230. The van der Waals surface area contributed by atoms with Gasteiger partial charge in [0.05, 0.1) is 11.4 Å². The van der Waals surface area contributed by atoms with E-state index in [2.05, 4.69) is 26.2 Å². The molecule has 3 aromatic rings. The highest BCUT2D eigenvalue weighted by Crippen LogP contribution is 2.33. The minimum atomic E-state index is -0.298. The van der Waals surface area contributed by atoms with Crippen molar-refractivity contribution in [2.45, 2.75) is 38.1 Å². The number of carbonyl (C=O) groups excluding carboxylic acids is 1. The van der Waals surface area contributed by atoms with Gasteiger partial charge >= 0.3 is 0 Å². The summed E-state index contributed by atoms with van der Waals surface area (Å²) in [5, 5.41) is 4.55. The molecule has 2 fully saturated rings. The Hall–Kier alpha value is -3.19. The normalized spacial score (nSPS) is 19.8. The SMILES string of the molecule is CC(=O)Nc1ccc(F)cc1N1CCC(N2CCC(c3cc4ccccc4c(=O)[nH]3)C2)CC1. The molecule has 3 heterocycles. The number of nitrogens with zero attached hydrogens (tertiary/aromatic N) is 2. The number of piperidine rings is 1. The minimum Gasteiger partial charge on any atom is -0.370 e. The van der Waals surface area contributed by atoms with Gasteiger partial charge in [0.25, 0.3) is 5.56 Å². The third kappa shape index (κ3) is 4.50. The van der Waals surface area contributed by atoms with Crippen LogP contribution in [-0.4, -0.2) is 48.0 Å². The van der Waals surface area contributed by atoms with Crippen LogP contribution in [0.1, 0.15) is 37.8 Å². The van der Waals surface area contributed by atoms with Crippen molar-refractivity contribution in [2.24, 2.45) is 0 Å². The van der Waals surface area contributed by atoms with Gasteiger partial charge in [0.15, 0.2) is 0 Å². The fourth-order valence-electron chi connectivity index (χ4n) is 5.36. The first-order valence-electron chi connectivity index (χ1n) is 11.7. The average molecular weight is 449 g/mol. The number of fused-ring (bicyclic) bond motifs is 1. The van der Waals surface area contributed by atoms with E-state index >= 15 is 0 Å². The number of likely N-dealkylation sites (tertiary alicyclic amines) is 1. The zero-order chi connectivity index (χ0) is 22.9. The van der Waals surface area contributed by atoms with E-state index in [1.807, 2.05) is 24.3 Å². The molecule has 1 unspecified atom stereocenters. The Balaban J connectivity index is 1.25. The van der Waals surface area contributed by atoms with Crippen molar-refractivity contribution in [1.82, 2.24) is 9.88 Å². The van der Waals surface area contributed by atoms with E-state index < -0.39 is 0 Å². The quantitative estimate of drug-likeness (QED) is 0.631. The molecule has 1 amide bonds. The van der Waals surface area contributed by atoms with Gasteiger partial charge in [0, 0.05) is 49.6 Å². The number of rotatable bonds is 4. The monoisotopic (exact) mass is 448 g/mol.